The van der Waals surface area contributed by atoms with Crippen LogP contribution in [-0.2, 0) is 11.3 Å². The Morgan fingerprint density at radius 1 is 1.65 bits per heavy atom. The van der Waals surface area contributed by atoms with Gasteiger partial charge in [-0.3, -0.25) is 9.78 Å². The summed E-state index contributed by atoms with van der Waals surface area (Å²) in [6, 6.07) is 1.96. The van der Waals surface area contributed by atoms with Crippen LogP contribution in [0.1, 0.15) is 17.5 Å². The number of carboxylic acid groups (broad SMARTS) is 1. The van der Waals surface area contributed by atoms with Gasteiger partial charge < -0.3 is 15.7 Å². The molecule has 5 nitrogen and oxygen atoms in total. The molecule has 0 aromatic carbocycles. The van der Waals surface area contributed by atoms with Crippen molar-refractivity contribution in [2.75, 3.05) is 13.1 Å². The Morgan fingerprint density at radius 2 is 2.41 bits per heavy atom. The third kappa shape index (κ3) is 2.81. The first kappa shape index (κ1) is 12.0. The second-order valence-electron chi connectivity index (χ2n) is 4.61. The predicted molar refractivity (Wildman–Crippen MR) is 63.7 cm³/mol. The van der Waals surface area contributed by atoms with Gasteiger partial charge in [0.2, 0.25) is 0 Å². The summed E-state index contributed by atoms with van der Waals surface area (Å²) < 4.78 is 0. The third-order valence-corrected chi connectivity index (χ3v) is 3.21. The number of aryl methyl sites for hydroxylation is 1. The largest absolute Gasteiger partial charge is 0.481 e. The van der Waals surface area contributed by atoms with Crippen molar-refractivity contribution in [2.24, 2.45) is 0 Å². The van der Waals surface area contributed by atoms with Crippen LogP contribution in [0.4, 0.5) is 0 Å². The van der Waals surface area contributed by atoms with Crippen LogP contribution in [0.2, 0.25) is 0 Å². The van der Waals surface area contributed by atoms with Crippen molar-refractivity contribution < 1.29 is 9.90 Å². The number of hydrogen-bond acceptors (Lipinski definition) is 4. The Balaban J connectivity index is 1.97. The molecule has 0 unspecified atom stereocenters. The lowest BCUT2D eigenvalue weighted by Crippen LogP contribution is -2.68. The van der Waals surface area contributed by atoms with Gasteiger partial charge in [0.05, 0.1) is 12.0 Å². The van der Waals surface area contributed by atoms with Gasteiger partial charge in [0.1, 0.15) is 0 Å². The van der Waals surface area contributed by atoms with E-state index in [1.165, 1.54) is 0 Å². The van der Waals surface area contributed by atoms with Crippen LogP contribution in [0.5, 0.6) is 0 Å². The van der Waals surface area contributed by atoms with Crippen LogP contribution in [-0.4, -0.2) is 34.7 Å². The molecule has 0 radical (unpaired) electrons. The highest BCUT2D eigenvalue weighted by Crippen LogP contribution is 2.17. The summed E-state index contributed by atoms with van der Waals surface area (Å²) in [5.74, 6) is -0.759. The van der Waals surface area contributed by atoms with E-state index in [4.69, 9.17) is 5.11 Å². The van der Waals surface area contributed by atoms with E-state index in [0.29, 0.717) is 19.6 Å². The van der Waals surface area contributed by atoms with Gasteiger partial charge in [-0.15, -0.1) is 0 Å². The molecule has 0 bridgehead atoms. The Bertz CT molecular complexity index is 416. The highest BCUT2D eigenvalue weighted by molar-refractivity contribution is 5.68. The molecule has 0 atom stereocenters. The first-order chi connectivity index (χ1) is 8.11. The van der Waals surface area contributed by atoms with Crippen molar-refractivity contribution in [2.45, 2.75) is 25.4 Å². The lowest BCUT2D eigenvalue weighted by Gasteiger charge is -2.42. The van der Waals surface area contributed by atoms with Gasteiger partial charge in [-0.1, -0.05) is 0 Å². The van der Waals surface area contributed by atoms with Crippen molar-refractivity contribution in [3.05, 3.63) is 29.6 Å². The molecule has 92 valence electrons. The summed E-state index contributed by atoms with van der Waals surface area (Å²) in [6.45, 7) is 4.11. The van der Waals surface area contributed by atoms with Crippen molar-refractivity contribution in [1.82, 2.24) is 15.6 Å². The first-order valence-electron chi connectivity index (χ1n) is 5.68. The Kier molecular flexibility index (Phi) is 3.40. The maximum atomic E-state index is 10.8. The summed E-state index contributed by atoms with van der Waals surface area (Å²) >= 11 is 0. The molecule has 5 heteroatoms. The molecule has 0 saturated carbocycles. The van der Waals surface area contributed by atoms with E-state index in [1.54, 1.807) is 6.20 Å². The number of nitrogens with zero attached hydrogens (tertiary/aromatic N) is 1. The zero-order valence-electron chi connectivity index (χ0n) is 9.86. The molecule has 2 rings (SSSR count). The van der Waals surface area contributed by atoms with Crippen molar-refractivity contribution in [1.29, 1.82) is 0 Å². The highest BCUT2D eigenvalue weighted by Gasteiger charge is 2.38. The summed E-state index contributed by atoms with van der Waals surface area (Å²) in [6.07, 6.45) is 3.73. The van der Waals surface area contributed by atoms with Crippen LogP contribution in [0, 0.1) is 6.92 Å². The topological polar surface area (TPSA) is 74.2 Å². The van der Waals surface area contributed by atoms with E-state index in [9.17, 15) is 4.79 Å². The number of aliphatic carboxylic acids is 1. The molecule has 1 aliphatic rings. The monoisotopic (exact) mass is 235 g/mol. The first-order valence-corrected chi connectivity index (χ1v) is 5.68. The van der Waals surface area contributed by atoms with E-state index >= 15 is 0 Å². The number of hydrogen-bond donors (Lipinski definition) is 3. The third-order valence-electron chi connectivity index (χ3n) is 3.21. The summed E-state index contributed by atoms with van der Waals surface area (Å²) in [5.41, 5.74) is 2.00. The fourth-order valence-electron chi connectivity index (χ4n) is 2.01. The van der Waals surface area contributed by atoms with Crippen molar-refractivity contribution in [3.8, 4) is 0 Å². The van der Waals surface area contributed by atoms with E-state index in [1.807, 2.05) is 19.2 Å². The minimum Gasteiger partial charge on any atom is -0.481 e. The molecule has 3 N–H and O–H groups in total. The zero-order chi connectivity index (χ0) is 12.3. The van der Waals surface area contributed by atoms with Gasteiger partial charge in [-0.25, -0.2) is 0 Å². The molecule has 1 fully saturated rings. The summed E-state index contributed by atoms with van der Waals surface area (Å²) in [5, 5.41) is 15.4. The number of nitrogens with one attached hydrogen (secondary N) is 2. The molecule has 17 heavy (non-hydrogen) atoms. The summed E-state index contributed by atoms with van der Waals surface area (Å²) in [7, 11) is 0. The molecule has 1 aliphatic heterocycles. The smallest absolute Gasteiger partial charge is 0.305 e. The molecule has 0 spiro atoms. The highest BCUT2D eigenvalue weighted by atomic mass is 16.4. The van der Waals surface area contributed by atoms with Crippen LogP contribution in [0.15, 0.2) is 18.5 Å². The van der Waals surface area contributed by atoms with E-state index < -0.39 is 5.97 Å². The standard InChI is InChI=1S/C12H17N3O2/c1-9-5-13-3-2-10(9)6-15-12(4-11(16)17)7-14-8-12/h2-3,5,14-15H,4,6-8H2,1H3,(H,16,17). The Labute approximate surface area is 100 Å². The number of carbonyl (C=O) groups is 1. The van der Waals surface area contributed by atoms with Gasteiger partial charge in [0, 0.05) is 32.0 Å². The average molecular weight is 235 g/mol. The van der Waals surface area contributed by atoms with Crippen LogP contribution >= 0.6 is 0 Å². The molecule has 2 heterocycles. The normalized spacial score (nSPS) is 17.5. The van der Waals surface area contributed by atoms with Gasteiger partial charge >= 0.3 is 5.97 Å². The lowest BCUT2D eigenvalue weighted by atomic mass is 9.88. The maximum Gasteiger partial charge on any atom is 0.305 e. The molecular weight excluding hydrogens is 218 g/mol. The lowest BCUT2D eigenvalue weighted by molar-refractivity contribution is -0.139. The summed E-state index contributed by atoms with van der Waals surface area (Å²) in [4.78, 5) is 14.8. The SMILES string of the molecule is Cc1cnccc1CNC1(CC(=O)O)CNC1. The van der Waals surface area contributed by atoms with Gasteiger partial charge in [-0.2, -0.15) is 0 Å². The molecular formula is C12H17N3O2. The fourth-order valence-corrected chi connectivity index (χ4v) is 2.01. The molecule has 1 aromatic heterocycles. The van der Waals surface area contributed by atoms with Crippen LogP contribution < -0.4 is 10.6 Å². The zero-order valence-corrected chi connectivity index (χ0v) is 9.86. The van der Waals surface area contributed by atoms with Gasteiger partial charge in [0.25, 0.3) is 0 Å². The average Bonchev–Trinajstić information content (AvgIpc) is 2.23. The Morgan fingerprint density at radius 3 is 2.94 bits per heavy atom. The van der Waals surface area contributed by atoms with E-state index in [-0.39, 0.29) is 12.0 Å². The van der Waals surface area contributed by atoms with Crippen molar-refractivity contribution >= 4 is 5.97 Å². The second-order valence-corrected chi connectivity index (χ2v) is 4.61. The molecule has 0 amide bonds. The van der Waals surface area contributed by atoms with Gasteiger partial charge in [0.15, 0.2) is 0 Å². The molecule has 1 saturated heterocycles. The molecule has 1 aromatic rings. The number of pyridine rings is 1. The molecule has 0 aliphatic carbocycles. The van der Waals surface area contributed by atoms with Crippen LogP contribution in [0.25, 0.3) is 0 Å². The predicted octanol–water partition coefficient (Wildman–Crippen LogP) is 0.296. The number of rotatable bonds is 5. The number of aromatic nitrogens is 1. The minimum absolute atomic E-state index is 0.157. The quantitative estimate of drug-likeness (QED) is 0.684. The van der Waals surface area contributed by atoms with E-state index in [0.717, 1.165) is 11.1 Å². The second kappa shape index (κ2) is 4.81. The minimum atomic E-state index is -0.759. The van der Waals surface area contributed by atoms with Gasteiger partial charge in [-0.05, 0) is 24.1 Å². The fraction of sp³-hybridized carbons (Fsp3) is 0.500. The van der Waals surface area contributed by atoms with Crippen LogP contribution in [0.3, 0.4) is 0 Å². The van der Waals surface area contributed by atoms with E-state index in [2.05, 4.69) is 15.6 Å². The number of carboxylic acids is 1. The Hall–Kier alpha value is -1.46. The maximum absolute atomic E-state index is 10.8. The van der Waals surface area contributed by atoms with Crippen molar-refractivity contribution in [3.63, 3.8) is 0 Å².